The zero-order valence-corrected chi connectivity index (χ0v) is 13.0. The van der Waals surface area contributed by atoms with Gasteiger partial charge in [-0.05, 0) is 44.0 Å². The molecule has 0 saturated carbocycles. The normalized spacial score (nSPS) is 10.7. The Kier molecular flexibility index (Phi) is 4.14. The third kappa shape index (κ3) is 2.92. The van der Waals surface area contributed by atoms with E-state index in [0.717, 1.165) is 34.4 Å². The first kappa shape index (κ1) is 13.9. The average molecular weight is 324 g/mol. The summed E-state index contributed by atoms with van der Waals surface area (Å²) < 4.78 is 8.81. The Morgan fingerprint density at radius 1 is 1.37 bits per heavy atom. The lowest BCUT2D eigenvalue weighted by Gasteiger charge is -2.11. The molecule has 4 nitrogen and oxygen atoms in total. The highest BCUT2D eigenvalue weighted by molar-refractivity contribution is 9.10. The van der Waals surface area contributed by atoms with Crippen molar-refractivity contribution in [3.05, 3.63) is 33.9 Å². The van der Waals surface area contributed by atoms with Crippen LogP contribution in [-0.2, 0) is 6.54 Å². The van der Waals surface area contributed by atoms with Gasteiger partial charge in [-0.2, -0.15) is 5.10 Å². The molecule has 0 fully saturated rings. The number of hydrogen-bond donors (Lipinski definition) is 1. The fraction of sp³-hybridized carbons (Fsp3) is 0.357. The zero-order valence-electron chi connectivity index (χ0n) is 11.4. The maximum atomic E-state index is 6.04. The molecule has 2 aromatic rings. The van der Waals surface area contributed by atoms with E-state index in [-0.39, 0.29) is 0 Å². The molecule has 2 rings (SSSR count). The van der Waals surface area contributed by atoms with Crippen LogP contribution in [0.1, 0.15) is 24.6 Å². The summed E-state index contributed by atoms with van der Waals surface area (Å²) in [6, 6.07) is 5.89. The largest absolute Gasteiger partial charge is 0.437 e. The molecule has 0 unspecified atom stereocenters. The molecule has 0 spiro atoms. The molecule has 1 aromatic carbocycles. The van der Waals surface area contributed by atoms with Crippen molar-refractivity contribution in [3.63, 3.8) is 0 Å². The number of rotatable bonds is 4. The van der Waals surface area contributed by atoms with Gasteiger partial charge >= 0.3 is 0 Å². The smallest absolute Gasteiger partial charge is 0.241 e. The van der Waals surface area contributed by atoms with Gasteiger partial charge in [0.25, 0.3) is 0 Å². The van der Waals surface area contributed by atoms with Crippen molar-refractivity contribution in [2.45, 2.75) is 33.7 Å². The molecular formula is C14H18BrN3O. The van der Waals surface area contributed by atoms with Gasteiger partial charge in [-0.3, -0.25) is 0 Å². The van der Waals surface area contributed by atoms with Crippen LogP contribution in [0.5, 0.6) is 11.6 Å². The Bertz CT molecular complexity index is 593. The van der Waals surface area contributed by atoms with E-state index in [1.165, 1.54) is 0 Å². The minimum absolute atomic E-state index is 0.607. The third-order valence-electron chi connectivity index (χ3n) is 2.90. The molecule has 0 aliphatic carbocycles. The predicted molar refractivity (Wildman–Crippen MR) is 80.6 cm³/mol. The molecule has 0 aliphatic rings. The van der Waals surface area contributed by atoms with Gasteiger partial charge in [-0.25, -0.2) is 4.68 Å². The van der Waals surface area contributed by atoms with Crippen molar-refractivity contribution in [2.75, 3.05) is 5.73 Å². The van der Waals surface area contributed by atoms with E-state index in [0.29, 0.717) is 11.6 Å². The molecule has 0 radical (unpaired) electrons. The first-order valence-electron chi connectivity index (χ1n) is 6.29. The molecule has 102 valence electrons. The monoisotopic (exact) mass is 323 g/mol. The maximum Gasteiger partial charge on any atom is 0.241 e. The summed E-state index contributed by atoms with van der Waals surface area (Å²) in [5.41, 5.74) is 8.51. The van der Waals surface area contributed by atoms with E-state index in [1.54, 1.807) is 0 Å². The molecule has 0 aliphatic heterocycles. The second-order valence-electron chi connectivity index (χ2n) is 4.54. The number of nitrogens with two attached hydrogens (primary N) is 1. The lowest BCUT2D eigenvalue weighted by atomic mass is 10.2. The number of hydrogen-bond acceptors (Lipinski definition) is 3. The predicted octanol–water partition coefficient (Wildman–Crippen LogP) is 4.05. The Morgan fingerprint density at radius 3 is 2.74 bits per heavy atom. The second kappa shape index (κ2) is 5.65. The van der Waals surface area contributed by atoms with Crippen molar-refractivity contribution in [3.8, 4) is 11.6 Å². The molecule has 2 N–H and O–H groups in total. The highest BCUT2D eigenvalue weighted by Gasteiger charge is 2.15. The number of nitrogens with zero attached hydrogens (tertiary/aromatic N) is 2. The van der Waals surface area contributed by atoms with Gasteiger partial charge < -0.3 is 10.5 Å². The summed E-state index contributed by atoms with van der Waals surface area (Å²) in [6.45, 7) is 6.79. The third-order valence-corrected chi connectivity index (χ3v) is 3.40. The quantitative estimate of drug-likeness (QED) is 0.923. The van der Waals surface area contributed by atoms with E-state index < -0.39 is 0 Å². The number of benzene rings is 1. The Hall–Kier alpha value is -1.49. The summed E-state index contributed by atoms with van der Waals surface area (Å²) in [5.74, 6) is 1.43. The van der Waals surface area contributed by atoms with Crippen LogP contribution in [0.25, 0.3) is 0 Å². The minimum Gasteiger partial charge on any atom is -0.437 e. The fourth-order valence-electron chi connectivity index (χ4n) is 1.88. The summed E-state index contributed by atoms with van der Waals surface area (Å²) >= 11 is 3.44. The van der Waals surface area contributed by atoms with Crippen molar-refractivity contribution in [1.82, 2.24) is 9.78 Å². The topological polar surface area (TPSA) is 53.1 Å². The second-order valence-corrected chi connectivity index (χ2v) is 5.45. The van der Waals surface area contributed by atoms with Crippen molar-refractivity contribution >= 4 is 21.6 Å². The standard InChI is InChI=1S/C14H18BrN3O/c1-4-7-18-14(13(16)10(3)17-18)19-12-6-5-11(15)8-9(12)2/h5-6,8H,4,7,16H2,1-3H3. The fourth-order valence-corrected chi connectivity index (χ4v) is 2.35. The van der Waals surface area contributed by atoms with Crippen LogP contribution in [0.15, 0.2) is 22.7 Å². The summed E-state index contributed by atoms with van der Waals surface area (Å²) in [6.07, 6.45) is 0.982. The number of aryl methyl sites for hydroxylation is 3. The lowest BCUT2D eigenvalue weighted by molar-refractivity contribution is 0.408. The Labute approximate surface area is 121 Å². The molecule has 1 heterocycles. The maximum absolute atomic E-state index is 6.04. The van der Waals surface area contributed by atoms with E-state index in [9.17, 15) is 0 Å². The Morgan fingerprint density at radius 2 is 2.11 bits per heavy atom. The lowest BCUT2D eigenvalue weighted by Crippen LogP contribution is -2.03. The molecule has 0 atom stereocenters. The molecule has 0 saturated heterocycles. The first-order valence-corrected chi connectivity index (χ1v) is 7.09. The minimum atomic E-state index is 0.607. The van der Waals surface area contributed by atoms with Crippen LogP contribution in [0.3, 0.4) is 0 Å². The number of anilines is 1. The molecule has 0 bridgehead atoms. The molecule has 19 heavy (non-hydrogen) atoms. The van der Waals surface area contributed by atoms with Gasteiger partial charge in [0.1, 0.15) is 11.4 Å². The summed E-state index contributed by atoms with van der Waals surface area (Å²) in [4.78, 5) is 0. The molecular weight excluding hydrogens is 306 g/mol. The van der Waals surface area contributed by atoms with Gasteiger partial charge in [0.05, 0.1) is 5.69 Å². The number of nitrogen functional groups attached to an aromatic ring is 1. The molecule has 0 amide bonds. The van der Waals surface area contributed by atoms with Crippen molar-refractivity contribution in [1.29, 1.82) is 0 Å². The van der Waals surface area contributed by atoms with Crippen LogP contribution in [0.4, 0.5) is 5.69 Å². The van der Waals surface area contributed by atoms with Crippen LogP contribution in [0, 0.1) is 13.8 Å². The van der Waals surface area contributed by atoms with E-state index >= 15 is 0 Å². The number of halogens is 1. The van der Waals surface area contributed by atoms with E-state index in [4.69, 9.17) is 10.5 Å². The van der Waals surface area contributed by atoms with Crippen LogP contribution in [0.2, 0.25) is 0 Å². The van der Waals surface area contributed by atoms with Gasteiger partial charge in [0.2, 0.25) is 5.88 Å². The number of ether oxygens (including phenoxy) is 1. The molecule has 5 heteroatoms. The highest BCUT2D eigenvalue weighted by Crippen LogP contribution is 2.32. The van der Waals surface area contributed by atoms with Gasteiger partial charge in [0.15, 0.2) is 0 Å². The Balaban J connectivity index is 2.37. The SMILES string of the molecule is CCCn1nc(C)c(N)c1Oc1ccc(Br)cc1C. The van der Waals surface area contributed by atoms with Crippen LogP contribution in [-0.4, -0.2) is 9.78 Å². The van der Waals surface area contributed by atoms with Gasteiger partial charge in [-0.1, -0.05) is 22.9 Å². The van der Waals surface area contributed by atoms with E-state index in [2.05, 4.69) is 28.0 Å². The van der Waals surface area contributed by atoms with Gasteiger partial charge in [0, 0.05) is 11.0 Å². The van der Waals surface area contributed by atoms with Crippen LogP contribution >= 0.6 is 15.9 Å². The summed E-state index contributed by atoms with van der Waals surface area (Å²) in [5, 5.41) is 4.40. The summed E-state index contributed by atoms with van der Waals surface area (Å²) in [7, 11) is 0. The first-order chi connectivity index (χ1) is 9.02. The van der Waals surface area contributed by atoms with Crippen LogP contribution < -0.4 is 10.5 Å². The average Bonchev–Trinajstić information content (AvgIpc) is 2.61. The molecule has 1 aromatic heterocycles. The van der Waals surface area contributed by atoms with Crippen molar-refractivity contribution in [2.24, 2.45) is 0 Å². The number of aromatic nitrogens is 2. The highest BCUT2D eigenvalue weighted by atomic mass is 79.9. The van der Waals surface area contributed by atoms with Crippen molar-refractivity contribution < 1.29 is 4.74 Å². The zero-order chi connectivity index (χ0) is 14.0. The van der Waals surface area contributed by atoms with Gasteiger partial charge in [-0.15, -0.1) is 0 Å². The van der Waals surface area contributed by atoms with E-state index in [1.807, 2.05) is 36.7 Å².